The lowest BCUT2D eigenvalue weighted by Gasteiger charge is -2.11. The predicted molar refractivity (Wildman–Crippen MR) is 77.5 cm³/mol. The van der Waals surface area contributed by atoms with E-state index in [4.69, 9.17) is 0 Å². The van der Waals surface area contributed by atoms with Crippen LogP contribution in [0.15, 0.2) is 22.7 Å². The molecule has 0 bridgehead atoms. The zero-order chi connectivity index (χ0) is 16.3. The maximum absolute atomic E-state index is 12.6. The number of carbonyl (C=O) groups is 1. The highest BCUT2D eigenvalue weighted by Gasteiger charge is 2.37. The van der Waals surface area contributed by atoms with Gasteiger partial charge in [0.2, 0.25) is 11.7 Å². The largest absolute Gasteiger partial charge is 0.451 e. The van der Waals surface area contributed by atoms with Crippen LogP contribution in [-0.4, -0.2) is 25.9 Å². The minimum Gasteiger partial charge on any atom is -0.350 e. The highest BCUT2D eigenvalue weighted by atomic mass is 32.2. The highest BCUT2D eigenvalue weighted by molar-refractivity contribution is 8.00. The molecule has 0 aliphatic carbocycles. The normalized spacial score (nSPS) is 13.1. The topological polar surface area (TPSA) is 59.8 Å². The van der Waals surface area contributed by atoms with Crippen LogP contribution in [-0.2, 0) is 24.6 Å². The molecule has 10 heteroatoms. The van der Waals surface area contributed by atoms with E-state index in [0.717, 1.165) is 21.2 Å². The molecule has 2 heterocycles. The zero-order valence-corrected chi connectivity index (χ0v) is 13.3. The van der Waals surface area contributed by atoms with Crippen LogP contribution in [0.3, 0.4) is 0 Å². The van der Waals surface area contributed by atoms with Gasteiger partial charge in [-0.15, -0.1) is 21.5 Å². The number of hydrogen-bond acceptors (Lipinski definition) is 5. The summed E-state index contributed by atoms with van der Waals surface area (Å²) in [4.78, 5) is 13.0. The summed E-state index contributed by atoms with van der Waals surface area (Å²) < 4.78 is 38.7. The predicted octanol–water partition coefficient (Wildman–Crippen LogP) is 2.69. The number of rotatable bonds is 5. The molecule has 2 aromatic heterocycles. The first-order valence-electron chi connectivity index (χ1n) is 6.22. The lowest BCUT2D eigenvalue weighted by Crippen LogP contribution is -2.30. The summed E-state index contributed by atoms with van der Waals surface area (Å²) in [6.45, 7) is 2.00. The van der Waals surface area contributed by atoms with Crippen LogP contribution in [0.5, 0.6) is 0 Å². The van der Waals surface area contributed by atoms with Crippen molar-refractivity contribution in [2.75, 3.05) is 0 Å². The molecule has 1 N–H and O–H groups in total. The maximum Gasteiger partial charge on any atom is 0.451 e. The summed E-state index contributed by atoms with van der Waals surface area (Å²) in [5, 5.41) is 10.7. The van der Waals surface area contributed by atoms with Gasteiger partial charge in [0.15, 0.2) is 5.16 Å². The second-order valence-electron chi connectivity index (χ2n) is 4.42. The van der Waals surface area contributed by atoms with Crippen molar-refractivity contribution in [1.82, 2.24) is 20.1 Å². The first kappa shape index (κ1) is 16.8. The lowest BCUT2D eigenvalue weighted by molar-refractivity contribution is -0.147. The van der Waals surface area contributed by atoms with Crippen molar-refractivity contribution in [3.8, 4) is 0 Å². The van der Waals surface area contributed by atoms with E-state index in [9.17, 15) is 18.0 Å². The molecule has 22 heavy (non-hydrogen) atoms. The average Bonchev–Trinajstić information content (AvgIpc) is 3.06. The molecule has 0 unspecified atom stereocenters. The number of nitrogens with zero attached hydrogens (tertiary/aromatic N) is 3. The molecule has 1 atom stereocenters. The molecule has 1 amide bonds. The molecule has 0 fully saturated rings. The number of halogens is 3. The van der Waals surface area contributed by atoms with Crippen molar-refractivity contribution >= 4 is 29.0 Å². The Bertz CT molecular complexity index is 639. The standard InChI is InChI=1S/C12H13F3N4OS2/c1-7(9(20)16-6-8-4-3-5-21-8)22-11-18-17-10(19(11)2)12(13,14)15/h3-5,7H,6H2,1-2H3,(H,16,20)/t7-/m0/s1. The van der Waals surface area contributed by atoms with Crippen LogP contribution in [0, 0.1) is 0 Å². The summed E-state index contributed by atoms with van der Waals surface area (Å²) in [7, 11) is 1.22. The van der Waals surface area contributed by atoms with Crippen LogP contribution < -0.4 is 5.32 Å². The monoisotopic (exact) mass is 350 g/mol. The molecule has 120 valence electrons. The van der Waals surface area contributed by atoms with Gasteiger partial charge in [0.1, 0.15) is 0 Å². The Hall–Kier alpha value is -1.55. The number of aromatic nitrogens is 3. The summed E-state index contributed by atoms with van der Waals surface area (Å²) in [6.07, 6.45) is -4.56. The summed E-state index contributed by atoms with van der Waals surface area (Å²) >= 11 is 2.45. The van der Waals surface area contributed by atoms with Crippen molar-refractivity contribution < 1.29 is 18.0 Å². The van der Waals surface area contributed by atoms with Crippen molar-refractivity contribution in [2.24, 2.45) is 7.05 Å². The number of amides is 1. The minimum atomic E-state index is -4.56. The number of thioether (sulfide) groups is 1. The van der Waals surface area contributed by atoms with E-state index in [1.165, 1.54) is 18.4 Å². The van der Waals surface area contributed by atoms with Gasteiger partial charge in [-0.1, -0.05) is 17.8 Å². The van der Waals surface area contributed by atoms with E-state index in [1.807, 2.05) is 17.5 Å². The van der Waals surface area contributed by atoms with E-state index >= 15 is 0 Å². The quantitative estimate of drug-likeness (QED) is 0.843. The number of carbonyl (C=O) groups excluding carboxylic acids is 1. The van der Waals surface area contributed by atoms with E-state index in [2.05, 4.69) is 15.5 Å². The number of alkyl halides is 3. The van der Waals surface area contributed by atoms with E-state index in [0.29, 0.717) is 6.54 Å². The van der Waals surface area contributed by atoms with E-state index in [-0.39, 0.29) is 11.1 Å². The van der Waals surface area contributed by atoms with Crippen LogP contribution >= 0.6 is 23.1 Å². The third-order valence-electron chi connectivity index (χ3n) is 2.76. The van der Waals surface area contributed by atoms with Gasteiger partial charge in [-0.05, 0) is 18.4 Å². The van der Waals surface area contributed by atoms with Crippen LogP contribution in [0.4, 0.5) is 13.2 Å². The van der Waals surface area contributed by atoms with Gasteiger partial charge >= 0.3 is 6.18 Å². The number of nitrogens with one attached hydrogen (secondary N) is 1. The molecule has 2 rings (SSSR count). The minimum absolute atomic E-state index is 0.0473. The molecular formula is C12H13F3N4OS2. The van der Waals surface area contributed by atoms with Gasteiger partial charge in [-0.3, -0.25) is 4.79 Å². The second kappa shape index (κ2) is 6.69. The third-order valence-corrected chi connectivity index (χ3v) is 4.77. The molecule has 2 aromatic rings. The van der Waals surface area contributed by atoms with Gasteiger partial charge in [0.05, 0.1) is 11.8 Å². The van der Waals surface area contributed by atoms with Crippen molar-refractivity contribution in [1.29, 1.82) is 0 Å². The molecule has 0 saturated carbocycles. The van der Waals surface area contributed by atoms with Gasteiger partial charge in [0.25, 0.3) is 0 Å². The van der Waals surface area contributed by atoms with Crippen molar-refractivity contribution in [2.45, 2.75) is 30.1 Å². The van der Waals surface area contributed by atoms with Gasteiger partial charge in [-0.25, -0.2) is 0 Å². The van der Waals surface area contributed by atoms with E-state index in [1.54, 1.807) is 6.92 Å². The molecular weight excluding hydrogens is 337 g/mol. The lowest BCUT2D eigenvalue weighted by atomic mass is 10.4. The molecule has 0 radical (unpaired) electrons. The van der Waals surface area contributed by atoms with Gasteiger partial charge in [0, 0.05) is 11.9 Å². The Morgan fingerprint density at radius 1 is 1.50 bits per heavy atom. The molecule has 0 aliphatic rings. The average molecular weight is 350 g/mol. The van der Waals surface area contributed by atoms with Crippen LogP contribution in [0.1, 0.15) is 17.6 Å². The van der Waals surface area contributed by atoms with Crippen LogP contribution in [0.2, 0.25) is 0 Å². The molecule has 0 spiro atoms. The fourth-order valence-electron chi connectivity index (χ4n) is 1.61. The molecule has 0 aliphatic heterocycles. The van der Waals surface area contributed by atoms with Gasteiger partial charge in [-0.2, -0.15) is 13.2 Å². The van der Waals surface area contributed by atoms with Crippen molar-refractivity contribution in [3.63, 3.8) is 0 Å². The molecule has 0 aromatic carbocycles. The van der Waals surface area contributed by atoms with Gasteiger partial charge < -0.3 is 9.88 Å². The Morgan fingerprint density at radius 3 is 2.77 bits per heavy atom. The fraction of sp³-hybridized carbons (Fsp3) is 0.417. The Labute approximate surface area is 132 Å². The Kier molecular flexibility index (Phi) is 5.12. The Morgan fingerprint density at radius 2 is 2.23 bits per heavy atom. The number of thiophene rings is 1. The van der Waals surface area contributed by atoms with Crippen LogP contribution in [0.25, 0.3) is 0 Å². The van der Waals surface area contributed by atoms with E-state index < -0.39 is 17.3 Å². The fourth-order valence-corrected chi connectivity index (χ4v) is 3.09. The molecule has 0 saturated heterocycles. The maximum atomic E-state index is 12.6. The zero-order valence-electron chi connectivity index (χ0n) is 11.7. The second-order valence-corrected chi connectivity index (χ2v) is 6.76. The first-order chi connectivity index (χ1) is 10.3. The summed E-state index contributed by atoms with van der Waals surface area (Å²) in [6, 6.07) is 3.77. The third kappa shape index (κ3) is 4.01. The SMILES string of the molecule is C[C@H](Sc1nnc(C(F)(F)F)n1C)C(=O)NCc1cccs1. The smallest absolute Gasteiger partial charge is 0.350 e. The summed E-state index contributed by atoms with van der Waals surface area (Å²) in [5.41, 5.74) is 0. The highest BCUT2D eigenvalue weighted by Crippen LogP contribution is 2.30. The summed E-state index contributed by atoms with van der Waals surface area (Å²) in [5.74, 6) is -1.35. The first-order valence-corrected chi connectivity index (χ1v) is 7.98. The van der Waals surface area contributed by atoms with Crippen molar-refractivity contribution in [3.05, 3.63) is 28.2 Å². The number of hydrogen-bond donors (Lipinski definition) is 1. The molecule has 5 nitrogen and oxygen atoms in total. The Balaban J connectivity index is 1.95.